The Balaban J connectivity index is 2.97. The van der Waals surface area contributed by atoms with E-state index in [1.165, 1.54) is 27.2 Å². The first-order valence-electron chi connectivity index (χ1n) is 4.95. The molecular weight excluding hydrogens is 222 g/mol. The quantitative estimate of drug-likeness (QED) is 0.744. The Hall–Kier alpha value is -2.22. The standard InChI is InChI=1S/C12H13NO4/c1-8(7-13)17-12(14)10-5-4-9(15-2)6-11(10)16-3/h4-6,8H,1-3H3/t8-/m0/s1. The lowest BCUT2D eigenvalue weighted by Crippen LogP contribution is -2.14. The predicted molar refractivity (Wildman–Crippen MR) is 60.0 cm³/mol. The van der Waals surface area contributed by atoms with Crippen LogP contribution in [0.15, 0.2) is 18.2 Å². The summed E-state index contributed by atoms with van der Waals surface area (Å²) in [5.41, 5.74) is 0.260. The van der Waals surface area contributed by atoms with Gasteiger partial charge in [0.15, 0.2) is 6.10 Å². The van der Waals surface area contributed by atoms with E-state index in [4.69, 9.17) is 19.5 Å². The van der Waals surface area contributed by atoms with Crippen molar-refractivity contribution in [2.24, 2.45) is 0 Å². The molecule has 0 saturated heterocycles. The number of benzene rings is 1. The molecule has 90 valence electrons. The fraction of sp³-hybridized carbons (Fsp3) is 0.333. The third kappa shape index (κ3) is 3.11. The van der Waals surface area contributed by atoms with Crippen molar-refractivity contribution in [2.45, 2.75) is 13.0 Å². The van der Waals surface area contributed by atoms with Gasteiger partial charge in [-0.3, -0.25) is 0 Å². The summed E-state index contributed by atoms with van der Waals surface area (Å²) in [5.74, 6) is 0.324. The second kappa shape index (κ2) is 5.75. The van der Waals surface area contributed by atoms with Crippen LogP contribution < -0.4 is 9.47 Å². The van der Waals surface area contributed by atoms with E-state index in [1.807, 2.05) is 6.07 Å². The molecule has 0 N–H and O–H groups in total. The summed E-state index contributed by atoms with van der Waals surface area (Å²) in [6, 6.07) is 6.55. The minimum absolute atomic E-state index is 0.260. The number of esters is 1. The van der Waals surface area contributed by atoms with E-state index in [1.54, 1.807) is 12.1 Å². The molecule has 5 nitrogen and oxygen atoms in total. The second-order valence-corrected chi connectivity index (χ2v) is 3.24. The molecule has 5 heteroatoms. The number of carbonyl (C=O) groups is 1. The zero-order valence-corrected chi connectivity index (χ0v) is 9.89. The third-order valence-corrected chi connectivity index (χ3v) is 2.09. The van der Waals surface area contributed by atoms with E-state index in [0.717, 1.165) is 0 Å². The Morgan fingerprint density at radius 2 is 2.06 bits per heavy atom. The molecule has 1 rings (SSSR count). The SMILES string of the molecule is COc1ccc(C(=O)O[C@@H](C)C#N)c(OC)c1. The Kier molecular flexibility index (Phi) is 4.35. The van der Waals surface area contributed by atoms with E-state index in [9.17, 15) is 4.79 Å². The number of nitrogens with zero attached hydrogens (tertiary/aromatic N) is 1. The van der Waals surface area contributed by atoms with Crippen molar-refractivity contribution in [3.63, 3.8) is 0 Å². The number of carbonyl (C=O) groups excluding carboxylic acids is 1. The van der Waals surface area contributed by atoms with Gasteiger partial charge in [0.25, 0.3) is 0 Å². The highest BCUT2D eigenvalue weighted by molar-refractivity contribution is 5.93. The first-order valence-corrected chi connectivity index (χ1v) is 4.95. The molecule has 0 aliphatic rings. The molecule has 0 radical (unpaired) electrons. The normalized spacial score (nSPS) is 11.2. The number of methoxy groups -OCH3 is 2. The molecule has 17 heavy (non-hydrogen) atoms. The second-order valence-electron chi connectivity index (χ2n) is 3.24. The molecular formula is C12H13NO4. The number of ether oxygens (including phenoxy) is 3. The van der Waals surface area contributed by atoms with Crippen LogP contribution in [0.5, 0.6) is 11.5 Å². The molecule has 0 heterocycles. The summed E-state index contributed by atoms with van der Waals surface area (Å²) in [7, 11) is 2.96. The topological polar surface area (TPSA) is 68.5 Å². The van der Waals surface area contributed by atoms with Crippen LogP contribution in [0.4, 0.5) is 0 Å². The van der Waals surface area contributed by atoms with Crippen LogP contribution in [0, 0.1) is 11.3 Å². The van der Waals surface area contributed by atoms with Crippen molar-refractivity contribution in [2.75, 3.05) is 14.2 Å². The molecule has 0 fully saturated rings. The highest BCUT2D eigenvalue weighted by atomic mass is 16.5. The van der Waals surface area contributed by atoms with Crippen LogP contribution in [0.3, 0.4) is 0 Å². The van der Waals surface area contributed by atoms with Crippen LogP contribution in [0.25, 0.3) is 0 Å². The molecule has 1 aromatic rings. The molecule has 1 aromatic carbocycles. The van der Waals surface area contributed by atoms with Gasteiger partial charge in [-0.05, 0) is 19.1 Å². The van der Waals surface area contributed by atoms with Gasteiger partial charge in [-0.25, -0.2) is 4.79 Å². The zero-order chi connectivity index (χ0) is 12.8. The largest absolute Gasteiger partial charge is 0.497 e. The van der Waals surface area contributed by atoms with Gasteiger partial charge >= 0.3 is 5.97 Å². The summed E-state index contributed by atoms with van der Waals surface area (Å²) in [4.78, 5) is 11.7. The van der Waals surface area contributed by atoms with Crippen LogP contribution in [-0.4, -0.2) is 26.3 Å². The number of nitriles is 1. The van der Waals surface area contributed by atoms with Gasteiger partial charge in [-0.15, -0.1) is 0 Å². The molecule has 0 bridgehead atoms. The lowest BCUT2D eigenvalue weighted by atomic mass is 10.2. The van der Waals surface area contributed by atoms with Crippen LogP contribution in [0.2, 0.25) is 0 Å². The van der Waals surface area contributed by atoms with Crippen molar-refractivity contribution >= 4 is 5.97 Å². The van der Waals surface area contributed by atoms with Gasteiger partial charge in [0.05, 0.1) is 14.2 Å². The monoisotopic (exact) mass is 235 g/mol. The maximum absolute atomic E-state index is 11.7. The molecule has 0 spiro atoms. The fourth-order valence-corrected chi connectivity index (χ4v) is 1.22. The zero-order valence-electron chi connectivity index (χ0n) is 9.89. The number of hydrogen-bond donors (Lipinski definition) is 0. The maximum atomic E-state index is 11.7. The maximum Gasteiger partial charge on any atom is 0.343 e. The Labute approximate surface area is 99.5 Å². The molecule has 0 amide bonds. The predicted octanol–water partition coefficient (Wildman–Crippen LogP) is 1.77. The minimum Gasteiger partial charge on any atom is -0.497 e. The van der Waals surface area contributed by atoms with Crippen molar-refractivity contribution < 1.29 is 19.0 Å². The van der Waals surface area contributed by atoms with Gasteiger partial charge in [-0.2, -0.15) is 5.26 Å². The number of rotatable bonds is 4. The summed E-state index contributed by atoms with van der Waals surface area (Å²) in [6.45, 7) is 1.49. The molecule has 1 atom stereocenters. The van der Waals surface area contributed by atoms with E-state index >= 15 is 0 Å². The lowest BCUT2D eigenvalue weighted by molar-refractivity contribution is 0.0432. The highest BCUT2D eigenvalue weighted by Gasteiger charge is 2.16. The third-order valence-electron chi connectivity index (χ3n) is 2.09. The van der Waals surface area contributed by atoms with Gasteiger partial charge < -0.3 is 14.2 Å². The van der Waals surface area contributed by atoms with Crippen molar-refractivity contribution in [3.8, 4) is 17.6 Å². The lowest BCUT2D eigenvalue weighted by Gasteiger charge is -2.10. The molecule has 0 aromatic heterocycles. The summed E-state index contributed by atoms with van der Waals surface area (Å²) in [6.07, 6.45) is -0.797. The van der Waals surface area contributed by atoms with Gasteiger partial charge in [-0.1, -0.05) is 0 Å². The van der Waals surface area contributed by atoms with Crippen molar-refractivity contribution in [1.82, 2.24) is 0 Å². The van der Waals surface area contributed by atoms with E-state index in [2.05, 4.69) is 0 Å². The number of hydrogen-bond acceptors (Lipinski definition) is 5. The average Bonchev–Trinajstić information content (AvgIpc) is 2.37. The summed E-state index contributed by atoms with van der Waals surface area (Å²) in [5, 5.41) is 8.56. The molecule has 0 saturated carbocycles. The average molecular weight is 235 g/mol. The fourth-order valence-electron chi connectivity index (χ4n) is 1.22. The summed E-state index contributed by atoms with van der Waals surface area (Å²) >= 11 is 0. The van der Waals surface area contributed by atoms with Crippen LogP contribution >= 0.6 is 0 Å². The van der Waals surface area contributed by atoms with Crippen LogP contribution in [-0.2, 0) is 4.74 Å². The van der Waals surface area contributed by atoms with Crippen LogP contribution in [0.1, 0.15) is 17.3 Å². The van der Waals surface area contributed by atoms with Gasteiger partial charge in [0.2, 0.25) is 0 Å². The Bertz CT molecular complexity index is 450. The molecule has 0 aliphatic heterocycles. The van der Waals surface area contributed by atoms with Crippen molar-refractivity contribution in [3.05, 3.63) is 23.8 Å². The smallest absolute Gasteiger partial charge is 0.343 e. The van der Waals surface area contributed by atoms with E-state index in [-0.39, 0.29) is 5.56 Å². The van der Waals surface area contributed by atoms with E-state index in [0.29, 0.717) is 11.5 Å². The molecule has 0 aliphatic carbocycles. The van der Waals surface area contributed by atoms with Gasteiger partial charge in [0, 0.05) is 6.07 Å². The van der Waals surface area contributed by atoms with E-state index < -0.39 is 12.1 Å². The van der Waals surface area contributed by atoms with Gasteiger partial charge in [0.1, 0.15) is 23.1 Å². The first-order chi connectivity index (χ1) is 8.12. The summed E-state index contributed by atoms with van der Waals surface area (Å²) < 4.78 is 15.0. The molecule has 0 unspecified atom stereocenters. The minimum atomic E-state index is -0.797. The highest BCUT2D eigenvalue weighted by Crippen LogP contribution is 2.25. The Morgan fingerprint density at radius 1 is 1.35 bits per heavy atom. The van der Waals surface area contributed by atoms with Crippen molar-refractivity contribution in [1.29, 1.82) is 5.26 Å². The first kappa shape index (κ1) is 12.8. The Morgan fingerprint density at radius 3 is 2.59 bits per heavy atom.